The van der Waals surface area contributed by atoms with Crippen LogP contribution in [0.25, 0.3) is 0 Å². The maximum absolute atomic E-state index is 7.87. The average Bonchev–Trinajstić information content (AvgIpc) is 2.21. The predicted octanol–water partition coefficient (Wildman–Crippen LogP) is 1.75. The molecule has 0 aliphatic carbocycles. The summed E-state index contributed by atoms with van der Waals surface area (Å²) in [6.45, 7) is 5.83. The summed E-state index contributed by atoms with van der Waals surface area (Å²) < 4.78 is 0. The summed E-state index contributed by atoms with van der Waals surface area (Å²) >= 11 is 0. The molecule has 0 bridgehead atoms. The maximum Gasteiger partial charge on any atom is 0.129 e. The van der Waals surface area contributed by atoms with Gasteiger partial charge < -0.3 is 4.90 Å². The van der Waals surface area contributed by atoms with Crippen molar-refractivity contribution in [2.45, 2.75) is 13.8 Å². The van der Waals surface area contributed by atoms with Gasteiger partial charge in [0.25, 0.3) is 0 Å². The first-order chi connectivity index (χ1) is 6.29. The van der Waals surface area contributed by atoms with Gasteiger partial charge >= 0.3 is 0 Å². The number of nitrogens with zero attached hydrogens (tertiary/aromatic N) is 2. The van der Waals surface area contributed by atoms with Crippen molar-refractivity contribution in [3.8, 4) is 0 Å². The maximum atomic E-state index is 7.87. The van der Waals surface area contributed by atoms with E-state index >= 15 is 0 Å². The molecule has 0 amide bonds. The van der Waals surface area contributed by atoms with Crippen LogP contribution in [0.15, 0.2) is 24.5 Å². The van der Waals surface area contributed by atoms with Crippen LogP contribution in [0, 0.1) is 5.41 Å². The number of pyridine rings is 1. The molecule has 0 saturated heterocycles. The van der Waals surface area contributed by atoms with E-state index in [0.29, 0.717) is 5.84 Å². The molecule has 0 aliphatic rings. The highest BCUT2D eigenvalue weighted by Crippen LogP contribution is 2.01. The fourth-order valence-electron chi connectivity index (χ4n) is 1.23. The Kier molecular flexibility index (Phi) is 3.43. The smallest absolute Gasteiger partial charge is 0.129 e. The fraction of sp³-hybridized carbons (Fsp3) is 0.400. The minimum atomic E-state index is 0.554. The first-order valence-corrected chi connectivity index (χ1v) is 4.53. The number of rotatable bonds is 3. The molecule has 1 N–H and O–H groups in total. The Hall–Kier alpha value is -1.38. The van der Waals surface area contributed by atoms with Crippen LogP contribution in [0.1, 0.15) is 19.4 Å². The van der Waals surface area contributed by atoms with Gasteiger partial charge in [0.05, 0.1) is 0 Å². The molecular weight excluding hydrogens is 162 g/mol. The van der Waals surface area contributed by atoms with Gasteiger partial charge in [0.15, 0.2) is 0 Å². The van der Waals surface area contributed by atoms with Gasteiger partial charge in [-0.05, 0) is 26.0 Å². The summed E-state index contributed by atoms with van der Waals surface area (Å²) in [4.78, 5) is 5.99. The summed E-state index contributed by atoms with van der Waals surface area (Å²) in [7, 11) is 0. The van der Waals surface area contributed by atoms with E-state index in [0.717, 1.165) is 18.7 Å². The molecule has 0 atom stereocenters. The van der Waals surface area contributed by atoms with Gasteiger partial charge in [-0.2, -0.15) is 0 Å². The average molecular weight is 177 g/mol. The van der Waals surface area contributed by atoms with Crippen LogP contribution in [0.2, 0.25) is 0 Å². The molecular formula is C10H15N3. The summed E-state index contributed by atoms with van der Waals surface area (Å²) in [5.41, 5.74) is 0.881. The molecule has 0 aliphatic heterocycles. The molecule has 70 valence electrons. The van der Waals surface area contributed by atoms with E-state index < -0.39 is 0 Å². The zero-order chi connectivity index (χ0) is 9.68. The Balaban J connectivity index is 2.78. The highest BCUT2D eigenvalue weighted by Gasteiger charge is 2.06. The van der Waals surface area contributed by atoms with E-state index in [4.69, 9.17) is 5.41 Å². The van der Waals surface area contributed by atoms with Crippen LogP contribution in [-0.2, 0) is 0 Å². The lowest BCUT2D eigenvalue weighted by Gasteiger charge is -2.21. The Morgan fingerprint density at radius 3 is 2.62 bits per heavy atom. The van der Waals surface area contributed by atoms with Gasteiger partial charge in [-0.15, -0.1) is 0 Å². The topological polar surface area (TPSA) is 40.0 Å². The second kappa shape index (κ2) is 4.60. The lowest BCUT2D eigenvalue weighted by Crippen LogP contribution is -2.30. The van der Waals surface area contributed by atoms with Crippen molar-refractivity contribution in [3.05, 3.63) is 30.1 Å². The summed E-state index contributed by atoms with van der Waals surface area (Å²) in [6, 6.07) is 3.76. The Morgan fingerprint density at radius 2 is 2.15 bits per heavy atom. The summed E-state index contributed by atoms with van der Waals surface area (Å²) in [5.74, 6) is 0.554. The zero-order valence-electron chi connectivity index (χ0n) is 8.12. The van der Waals surface area contributed by atoms with Crippen LogP contribution in [-0.4, -0.2) is 28.8 Å². The van der Waals surface area contributed by atoms with Crippen LogP contribution < -0.4 is 0 Å². The molecule has 13 heavy (non-hydrogen) atoms. The van der Waals surface area contributed by atoms with Crippen LogP contribution in [0.5, 0.6) is 0 Å². The molecule has 1 heterocycles. The molecule has 0 fully saturated rings. The lowest BCUT2D eigenvalue weighted by atomic mass is 10.2. The number of hydrogen-bond donors (Lipinski definition) is 1. The van der Waals surface area contributed by atoms with Crippen LogP contribution in [0.3, 0.4) is 0 Å². The third kappa shape index (κ3) is 2.28. The molecule has 1 aromatic rings. The molecule has 0 aromatic carbocycles. The van der Waals surface area contributed by atoms with Crippen molar-refractivity contribution < 1.29 is 0 Å². The first-order valence-electron chi connectivity index (χ1n) is 4.53. The third-order valence-electron chi connectivity index (χ3n) is 2.01. The third-order valence-corrected chi connectivity index (χ3v) is 2.01. The van der Waals surface area contributed by atoms with Crippen molar-refractivity contribution in [3.63, 3.8) is 0 Å². The molecule has 3 nitrogen and oxygen atoms in total. The normalized spacial score (nSPS) is 9.69. The van der Waals surface area contributed by atoms with Crippen molar-refractivity contribution in [1.82, 2.24) is 9.88 Å². The molecule has 0 saturated carbocycles. The van der Waals surface area contributed by atoms with Gasteiger partial charge in [0.2, 0.25) is 0 Å². The number of amidine groups is 1. The van der Waals surface area contributed by atoms with Gasteiger partial charge in [0.1, 0.15) is 5.84 Å². The van der Waals surface area contributed by atoms with Crippen LogP contribution in [0.4, 0.5) is 0 Å². The van der Waals surface area contributed by atoms with E-state index in [2.05, 4.69) is 18.8 Å². The number of nitrogens with one attached hydrogen (secondary N) is 1. The van der Waals surface area contributed by atoms with E-state index in [1.54, 1.807) is 12.4 Å². The standard InChI is InChI=1S/C10H15N3/c1-3-13(4-2)10(11)9-6-5-7-12-8-9/h5-8,11H,3-4H2,1-2H3. The Morgan fingerprint density at radius 1 is 1.46 bits per heavy atom. The van der Waals surface area contributed by atoms with E-state index in [-0.39, 0.29) is 0 Å². The molecule has 0 unspecified atom stereocenters. The molecule has 1 rings (SSSR count). The summed E-state index contributed by atoms with van der Waals surface area (Å²) in [6.07, 6.45) is 3.44. The minimum Gasteiger partial charge on any atom is -0.357 e. The second-order valence-electron chi connectivity index (χ2n) is 2.76. The molecule has 1 aromatic heterocycles. The second-order valence-corrected chi connectivity index (χ2v) is 2.76. The molecule has 3 heteroatoms. The highest BCUT2D eigenvalue weighted by molar-refractivity contribution is 5.95. The predicted molar refractivity (Wildman–Crippen MR) is 54.0 cm³/mol. The number of aromatic nitrogens is 1. The number of hydrogen-bond acceptors (Lipinski definition) is 2. The summed E-state index contributed by atoms with van der Waals surface area (Å²) in [5, 5.41) is 7.87. The van der Waals surface area contributed by atoms with Gasteiger partial charge in [-0.25, -0.2) is 0 Å². The van der Waals surface area contributed by atoms with E-state index in [9.17, 15) is 0 Å². The Bertz CT molecular complexity index is 265. The van der Waals surface area contributed by atoms with Crippen molar-refractivity contribution in [2.75, 3.05) is 13.1 Å². The SMILES string of the molecule is CCN(CC)C(=N)c1cccnc1. The minimum absolute atomic E-state index is 0.554. The van der Waals surface area contributed by atoms with E-state index in [1.165, 1.54) is 0 Å². The Labute approximate surface area is 78.9 Å². The monoisotopic (exact) mass is 177 g/mol. The van der Waals surface area contributed by atoms with Crippen molar-refractivity contribution in [2.24, 2.45) is 0 Å². The molecule has 0 radical (unpaired) electrons. The van der Waals surface area contributed by atoms with Gasteiger partial charge in [-0.1, -0.05) is 0 Å². The largest absolute Gasteiger partial charge is 0.357 e. The van der Waals surface area contributed by atoms with Gasteiger partial charge in [0, 0.05) is 31.0 Å². The molecule has 0 spiro atoms. The van der Waals surface area contributed by atoms with Gasteiger partial charge in [-0.3, -0.25) is 10.4 Å². The lowest BCUT2D eigenvalue weighted by molar-refractivity contribution is 0.463. The zero-order valence-corrected chi connectivity index (χ0v) is 8.12. The van der Waals surface area contributed by atoms with Crippen molar-refractivity contribution >= 4 is 5.84 Å². The van der Waals surface area contributed by atoms with E-state index in [1.807, 2.05) is 17.0 Å². The van der Waals surface area contributed by atoms with Crippen molar-refractivity contribution in [1.29, 1.82) is 5.41 Å². The fourth-order valence-corrected chi connectivity index (χ4v) is 1.23. The first kappa shape index (κ1) is 9.71. The quantitative estimate of drug-likeness (QED) is 0.564. The van der Waals surface area contributed by atoms with Crippen LogP contribution >= 0.6 is 0 Å². The highest BCUT2D eigenvalue weighted by atomic mass is 15.2.